The first-order chi connectivity index (χ1) is 71.2. The maximum Gasteiger partial charge on any atom is 0.240 e. The van der Waals surface area contributed by atoms with Crippen LogP contribution in [0.15, 0.2) is 352 Å². The highest BCUT2D eigenvalue weighted by Crippen LogP contribution is 2.43. The second-order valence-electron chi connectivity index (χ2n) is 37.9. The molecule has 6 amide bonds. The topological polar surface area (TPSA) is 283 Å². The van der Waals surface area contributed by atoms with E-state index >= 15 is 0 Å². The number of benzene rings is 13. The van der Waals surface area contributed by atoms with E-state index in [1.165, 1.54) is 66.8 Å². The van der Waals surface area contributed by atoms with Crippen LogP contribution >= 0.6 is 58.0 Å². The zero-order chi connectivity index (χ0) is 103. The van der Waals surface area contributed by atoms with Gasteiger partial charge in [-0.1, -0.05) is 356 Å². The number of aromatic nitrogens is 1. The van der Waals surface area contributed by atoms with Crippen LogP contribution in [0.25, 0.3) is 27.6 Å². The molecule has 7 heterocycles. The number of carbonyl (C=O) groups excluding carboxylic acids is 6. The van der Waals surface area contributed by atoms with Gasteiger partial charge in [-0.15, -0.1) is 6.58 Å². The van der Waals surface area contributed by atoms with Crippen molar-refractivity contribution in [1.82, 2.24) is 34.4 Å². The Bertz CT molecular complexity index is 7000. The first kappa shape index (κ1) is 106. The molecule has 0 spiro atoms. The van der Waals surface area contributed by atoms with Crippen LogP contribution in [0.3, 0.4) is 0 Å². The molecule has 752 valence electrons. The van der Waals surface area contributed by atoms with Crippen LogP contribution in [-0.4, -0.2) is 112 Å². The number of nitrogens with zero attached hydrogens (tertiary/aromatic N) is 7. The van der Waals surface area contributed by atoms with E-state index in [4.69, 9.17) is 96.1 Å². The summed E-state index contributed by atoms with van der Waals surface area (Å²) in [6.45, 7) is 13.9. The lowest BCUT2D eigenvalue weighted by Crippen LogP contribution is -2.43. The van der Waals surface area contributed by atoms with Crippen molar-refractivity contribution in [1.29, 1.82) is 0 Å². The lowest BCUT2D eigenvalue weighted by Gasteiger charge is -2.34. The number of pyridine rings is 1. The summed E-state index contributed by atoms with van der Waals surface area (Å²) in [7, 11) is 1.60. The number of methoxy groups -OCH3 is 1. The molecule has 6 aliphatic heterocycles. The number of allylic oxidation sites excluding steroid dienone is 3. The molecule has 20 nitrogen and oxygen atoms in total. The number of alkyl halides is 1. The zero-order valence-electron chi connectivity index (χ0n) is 82.4. The molecule has 0 radical (unpaired) electrons. The molecule has 6 unspecified atom stereocenters. The zero-order valence-corrected chi connectivity index (χ0v) is 86.2. The van der Waals surface area contributed by atoms with Gasteiger partial charge < -0.3 is 67.5 Å². The van der Waals surface area contributed by atoms with E-state index in [1.54, 1.807) is 29.2 Å². The Morgan fingerprint density at radius 2 is 0.735 bits per heavy atom. The number of carbonyl (C=O) groups is 6. The molecule has 0 saturated heterocycles. The predicted octanol–water partition coefficient (Wildman–Crippen LogP) is 21.7. The third-order valence-electron chi connectivity index (χ3n) is 27.6. The summed E-state index contributed by atoms with van der Waals surface area (Å²) < 4.78 is 11.5. The lowest BCUT2D eigenvalue weighted by atomic mass is 9.87. The number of rotatable bonds is 24. The van der Waals surface area contributed by atoms with Gasteiger partial charge in [-0.3, -0.25) is 33.8 Å². The Morgan fingerprint density at radius 1 is 0.367 bits per heavy atom. The highest BCUT2D eigenvalue weighted by atomic mass is 35.5. The highest BCUT2D eigenvalue weighted by Gasteiger charge is 2.40. The molecule has 0 bridgehead atoms. The normalized spacial score (nSPS) is 15.7. The van der Waals surface area contributed by atoms with Crippen LogP contribution in [0.2, 0.25) is 20.1 Å². The fourth-order valence-electron chi connectivity index (χ4n) is 19.4. The van der Waals surface area contributed by atoms with Crippen molar-refractivity contribution in [2.75, 3.05) is 7.11 Å². The van der Waals surface area contributed by atoms with Crippen LogP contribution in [0.1, 0.15) is 132 Å². The van der Waals surface area contributed by atoms with Crippen LogP contribution in [0, 0.1) is 0 Å². The number of fused-ring (bicyclic) bond motifs is 7. The van der Waals surface area contributed by atoms with Gasteiger partial charge in [-0.05, 0) is 203 Å². The van der Waals surface area contributed by atoms with Gasteiger partial charge in [0.15, 0.2) is 5.06 Å². The molecule has 0 fully saturated rings. The summed E-state index contributed by atoms with van der Waals surface area (Å²) in [6, 6.07) is 101. The van der Waals surface area contributed by atoms with Gasteiger partial charge in [0.05, 0.1) is 35.7 Å². The number of amides is 6. The van der Waals surface area contributed by atoms with Gasteiger partial charge in [0.2, 0.25) is 35.4 Å². The molecular formula is C122H121Cl5N12O8. The Morgan fingerprint density at radius 3 is 1.14 bits per heavy atom. The van der Waals surface area contributed by atoms with E-state index in [2.05, 4.69) is 96.5 Å². The van der Waals surface area contributed by atoms with Crippen LogP contribution in [0.5, 0.6) is 5.75 Å². The van der Waals surface area contributed by atoms with E-state index in [1.807, 2.05) is 269 Å². The quantitative estimate of drug-likeness (QED) is 0.0278. The van der Waals surface area contributed by atoms with Crippen molar-refractivity contribution in [3.63, 3.8) is 0 Å². The molecule has 14 aromatic rings. The SMILES string of the molecule is C=CCc1ccc(CC(N)C(=O)N2Cc3ccccc3C2)c(Cl)c1.CCC(=O)N1Cc2ccccc2C1.COC1(Cl)CC(c2ccccc2)=CC=C1CC(N)C(=O)N1Cc2ccccc2C1.NC(Cc1ccc(-c2ccccc2Cl)cc1Cl)C(=O)N1Cc2ccccc2C1.NC(Cc1ccc(OCc2ccccc2)cc1Cl)C(=O)N1Cc2ccccc2C1.NC(Cc1ccc2cccnc2c1)C(=O)N1Cc2ccccc2C1. The second-order valence-corrected chi connectivity index (χ2v) is 40.1. The third-order valence-corrected chi connectivity index (χ3v) is 29.5. The Labute approximate surface area is 885 Å². The first-order valence-corrected chi connectivity index (χ1v) is 51.4. The molecule has 7 aliphatic rings. The maximum atomic E-state index is 12.9. The Kier molecular flexibility index (Phi) is 36.2. The number of halogens is 5. The van der Waals surface area contributed by atoms with Crippen molar-refractivity contribution >= 4 is 110 Å². The molecule has 10 N–H and O–H groups in total. The summed E-state index contributed by atoms with van der Waals surface area (Å²) in [6.07, 6.45) is 11.6. The molecule has 25 heteroatoms. The number of ether oxygens (including phenoxy) is 2. The van der Waals surface area contributed by atoms with Crippen molar-refractivity contribution in [2.45, 2.75) is 179 Å². The first-order valence-electron chi connectivity index (χ1n) is 49.5. The van der Waals surface area contributed by atoms with Gasteiger partial charge in [0, 0.05) is 136 Å². The molecule has 1 aromatic heterocycles. The molecular weight excluding hydrogens is 1940 g/mol. The summed E-state index contributed by atoms with van der Waals surface area (Å²) in [5.41, 5.74) is 57.3. The Balaban J connectivity index is 0.000000128. The number of nitrogens with two attached hydrogens (primary N) is 5. The summed E-state index contributed by atoms with van der Waals surface area (Å²) >= 11 is 32.4. The summed E-state index contributed by atoms with van der Waals surface area (Å²) in [5.74, 6) is 0.748. The minimum Gasteiger partial charge on any atom is -0.489 e. The molecule has 1 aliphatic carbocycles. The van der Waals surface area contributed by atoms with Crippen LogP contribution < -0.4 is 33.4 Å². The fourth-order valence-corrected chi connectivity index (χ4v) is 20.7. The molecule has 6 atom stereocenters. The maximum absolute atomic E-state index is 12.9. The van der Waals surface area contributed by atoms with Crippen molar-refractivity contribution in [3.05, 3.63) is 478 Å². The highest BCUT2D eigenvalue weighted by molar-refractivity contribution is 6.34. The second kappa shape index (κ2) is 50.1. The third kappa shape index (κ3) is 27.2. The number of hydrogen-bond donors (Lipinski definition) is 5. The molecule has 13 aromatic carbocycles. The van der Waals surface area contributed by atoms with E-state index < -0.39 is 35.3 Å². The largest absolute Gasteiger partial charge is 0.489 e. The lowest BCUT2D eigenvalue weighted by molar-refractivity contribution is -0.134. The summed E-state index contributed by atoms with van der Waals surface area (Å²) in [5, 5.41) is 2.57. The van der Waals surface area contributed by atoms with Crippen LogP contribution in [0.4, 0.5) is 0 Å². The standard InChI is InChI=1S/C24H25ClN2O2.C24H23ClN2O2.C23H20Cl2N2O.C20H21ClN2O.C20H19N3O.C11H13NO/c1-29-24(25)14-18(17-7-3-2-4-8-17)11-12-21(24)13-22(26)23(28)27-15-19-9-5-6-10-20(19)16-27;25-22-13-21(29-16-17-6-2-1-3-7-17)11-10-18(22)12-23(26)24(28)27-14-19-8-4-5-9-20(19)15-27;24-20-8-4-3-7-19(20)15-9-10-16(21(25)11-15)12-22(26)23(28)27-13-17-5-1-2-6-18(17)14-27;1-2-5-14-8-9-15(18(21)10-14)11-19(22)20(24)23-12-16-6-3-4-7-17(16)13-23;21-18(10-14-7-8-15-6-3-9-22-19(15)11-14)20(24)23-12-16-4-1-2-5-17(16)13-23;1-2-11(13)12-7-9-5-3-4-6-10(9)8-12/h2-12,22H,13-16,26H2,1H3;1-11,13,23H,12,14-16,26H2;1-11,22H,12-14,26H2;2-4,6-10,19H,1,5,11-13,22H2;1-9,11,18H,10,12-13,21H2;3-6H,2,7-8H2,1H3. The van der Waals surface area contributed by atoms with Crippen molar-refractivity contribution in [2.24, 2.45) is 28.7 Å². The van der Waals surface area contributed by atoms with Gasteiger partial charge in [0.25, 0.3) is 0 Å². The molecule has 0 saturated carbocycles. The van der Waals surface area contributed by atoms with Gasteiger partial charge in [-0.25, -0.2) is 0 Å². The minimum atomic E-state index is -0.994. The van der Waals surface area contributed by atoms with Gasteiger partial charge in [0.1, 0.15) is 12.4 Å². The average Bonchev–Trinajstić information content (AvgIpc) is 1.78. The summed E-state index contributed by atoms with van der Waals surface area (Å²) in [4.78, 5) is 90.6. The van der Waals surface area contributed by atoms with E-state index in [0.717, 1.165) is 91.6 Å². The van der Waals surface area contributed by atoms with Gasteiger partial charge >= 0.3 is 0 Å². The van der Waals surface area contributed by atoms with Crippen LogP contribution in [-0.2, 0) is 151 Å². The monoisotopic (exact) mass is 2060 g/mol. The number of hydrogen-bond acceptors (Lipinski definition) is 14. The smallest absolute Gasteiger partial charge is 0.240 e. The Hall–Kier alpha value is -13.7. The minimum absolute atomic E-state index is 0.00678. The van der Waals surface area contributed by atoms with E-state index in [9.17, 15) is 28.8 Å². The van der Waals surface area contributed by atoms with Crippen molar-refractivity contribution in [3.8, 4) is 16.9 Å². The molecule has 147 heavy (non-hydrogen) atoms. The van der Waals surface area contributed by atoms with E-state index in [-0.39, 0.29) is 35.4 Å². The molecule has 21 rings (SSSR count). The fraction of sp³-hybridized carbons (Fsp3) is 0.238. The average molecular weight is 2060 g/mol. The van der Waals surface area contributed by atoms with Gasteiger partial charge in [-0.2, -0.15) is 0 Å². The predicted molar refractivity (Wildman–Crippen MR) is 588 cm³/mol. The van der Waals surface area contributed by atoms with E-state index in [0.29, 0.717) is 143 Å². The van der Waals surface area contributed by atoms with Crippen molar-refractivity contribution < 1.29 is 38.2 Å².